The van der Waals surface area contributed by atoms with Gasteiger partial charge in [0.25, 0.3) is 0 Å². The van der Waals surface area contributed by atoms with E-state index in [2.05, 4.69) is 66.4 Å². The van der Waals surface area contributed by atoms with Crippen LogP contribution in [-0.2, 0) is 20.0 Å². The van der Waals surface area contributed by atoms with Gasteiger partial charge in [-0.1, -0.05) is 63.4 Å². The molecule has 0 radical (unpaired) electrons. The molecule has 0 saturated carbocycles. The van der Waals surface area contributed by atoms with E-state index in [4.69, 9.17) is 23.2 Å². The smallest absolute Gasteiger partial charge is 0.243 e. The van der Waals surface area contributed by atoms with E-state index in [9.17, 15) is 25.6 Å². The van der Waals surface area contributed by atoms with Gasteiger partial charge in [0, 0.05) is 90.4 Å². The fraction of sp³-hybridized carbons (Fsp3) is 0.261. The summed E-state index contributed by atoms with van der Waals surface area (Å²) >= 11 is 15.5. The number of piperidine rings is 2. The molecule has 69 heavy (non-hydrogen) atoms. The third-order valence-corrected chi connectivity index (χ3v) is 16.5. The number of nitrogens with zero attached hydrogens (tertiary/aromatic N) is 8. The van der Waals surface area contributed by atoms with Crippen LogP contribution in [0.4, 0.5) is 20.4 Å². The Bertz CT molecular complexity index is 3370. The number of nitrogens with one attached hydrogen (secondary N) is 4. The lowest BCUT2D eigenvalue weighted by Crippen LogP contribution is -2.41. The zero-order valence-corrected chi connectivity index (χ0v) is 41.2. The Morgan fingerprint density at radius 2 is 1.12 bits per heavy atom. The first kappa shape index (κ1) is 48.3. The quantitative estimate of drug-likeness (QED) is 0.0903. The number of pyridine rings is 2. The van der Waals surface area contributed by atoms with Crippen molar-refractivity contribution in [3.63, 3.8) is 0 Å². The minimum atomic E-state index is -3.61. The molecule has 8 aromatic rings. The Morgan fingerprint density at radius 3 is 1.61 bits per heavy atom. The van der Waals surface area contributed by atoms with E-state index in [0.717, 1.165) is 48.8 Å². The molecule has 16 nitrogen and oxygen atoms in total. The van der Waals surface area contributed by atoms with E-state index in [0.29, 0.717) is 87.9 Å². The molecule has 358 valence electrons. The molecule has 2 atom stereocenters. The minimum Gasteiger partial charge on any atom is -0.367 e. The number of H-pyrrole nitrogens is 2. The van der Waals surface area contributed by atoms with Crippen LogP contribution in [0.2, 0.25) is 10.0 Å². The molecule has 10 rings (SSSR count). The van der Waals surface area contributed by atoms with Crippen LogP contribution < -0.4 is 10.6 Å². The summed E-state index contributed by atoms with van der Waals surface area (Å²) < 4.78 is 84.9. The van der Waals surface area contributed by atoms with Gasteiger partial charge in [0.15, 0.2) is 34.9 Å². The number of rotatable bonds is 12. The average molecular weight is 1080 g/mol. The molecule has 2 fully saturated rings. The predicted octanol–water partition coefficient (Wildman–Crippen LogP) is 9.41. The molecule has 0 bridgehead atoms. The number of anilines is 2. The van der Waals surface area contributed by atoms with Crippen LogP contribution in [0.5, 0.6) is 0 Å². The Morgan fingerprint density at radius 1 is 0.638 bits per heavy atom. The van der Waals surface area contributed by atoms with Crippen molar-refractivity contribution in [1.82, 2.24) is 48.5 Å². The molecule has 4 N–H and O–H groups in total. The highest BCUT2D eigenvalue weighted by molar-refractivity contribution is 9.10. The van der Waals surface area contributed by atoms with Crippen molar-refractivity contribution in [3.8, 4) is 22.8 Å². The fourth-order valence-electron chi connectivity index (χ4n) is 8.39. The molecule has 23 heteroatoms. The first-order valence-corrected chi connectivity index (χ1v) is 26.3. The maximum atomic E-state index is 14.5. The highest BCUT2D eigenvalue weighted by Gasteiger charge is 2.32. The summed E-state index contributed by atoms with van der Waals surface area (Å²) in [7, 11) is -7.17. The van der Waals surface area contributed by atoms with E-state index in [1.807, 2.05) is 0 Å². The lowest BCUT2D eigenvalue weighted by molar-refractivity contribution is 0.275. The monoisotopic (exact) mass is 1080 g/mol. The number of halogens is 5. The Labute approximate surface area is 414 Å². The van der Waals surface area contributed by atoms with Gasteiger partial charge in [-0.25, -0.2) is 55.5 Å². The van der Waals surface area contributed by atoms with Crippen LogP contribution >= 0.6 is 39.1 Å². The van der Waals surface area contributed by atoms with Gasteiger partial charge in [-0.05, 0) is 80.0 Å². The third-order valence-electron chi connectivity index (χ3n) is 11.9. The molecule has 2 aliphatic rings. The minimum absolute atomic E-state index is 0.000381. The van der Waals surface area contributed by atoms with Gasteiger partial charge in [0.1, 0.15) is 11.3 Å². The lowest BCUT2D eigenvalue weighted by Gasteiger charge is -2.32. The van der Waals surface area contributed by atoms with Gasteiger partial charge in [0.05, 0.1) is 32.2 Å². The summed E-state index contributed by atoms with van der Waals surface area (Å²) in [4.78, 5) is 32.1. The fourth-order valence-corrected chi connectivity index (χ4v) is 12.4. The number of fused-ring (bicyclic) bond motifs is 2. The maximum Gasteiger partial charge on any atom is 0.243 e. The first-order valence-electron chi connectivity index (χ1n) is 21.8. The normalized spacial score (nSPS) is 17.1. The van der Waals surface area contributed by atoms with E-state index in [-0.39, 0.29) is 33.3 Å². The van der Waals surface area contributed by atoms with Gasteiger partial charge in [-0.2, -0.15) is 8.61 Å². The van der Waals surface area contributed by atoms with Crippen LogP contribution in [0.15, 0.2) is 118 Å². The van der Waals surface area contributed by atoms with Crippen LogP contribution in [0, 0.1) is 23.5 Å². The second-order valence-electron chi connectivity index (χ2n) is 16.6. The molecule has 2 saturated heterocycles. The van der Waals surface area contributed by atoms with Gasteiger partial charge in [-0.3, -0.25) is 0 Å². The van der Waals surface area contributed by atoms with Gasteiger partial charge < -0.3 is 20.6 Å². The zero-order chi connectivity index (χ0) is 48.3. The van der Waals surface area contributed by atoms with Gasteiger partial charge in [0.2, 0.25) is 20.0 Å². The summed E-state index contributed by atoms with van der Waals surface area (Å²) in [5.74, 6) is -0.365. The SMILES string of the molecule is O=S(=O)(c1cccc(Br)c1)N1CCCC(CNc2nc(-c3c[nH]c4ncc(Cl)cc34)ncc2F)C1.O=S(=O)(c1ccccc1)N1CCCC(CNc2nc(-c3c[nH]c4ncc(Cl)cc34)ncc2F)C1. The summed E-state index contributed by atoms with van der Waals surface area (Å²) in [5.41, 5.74) is 2.57. The standard InChI is InChI=1S/C23H21BrClFN6O2S.C23H22ClFN6O2S/c24-15-4-1-5-17(7-15)35(33,34)32-6-2-3-14(13-32)9-27-23-20(26)12-30-22(31-23)19-11-29-21-18(19)8-16(25)10-28-21;24-16-9-18-19(12-28-21(18)27-11-16)22-29-13-20(25)23(30-22)26-10-15-5-4-8-31(14-15)34(32,33)17-6-2-1-3-7-17/h1,4-5,7-8,10-12,14H,2-3,6,9,13H2,(H,28,29)(H,27,30,31);1-3,6-7,9,11-13,15H,4-5,8,10,14H2,(H,27,28)(H,26,29,30). The molecule has 2 aromatic carbocycles. The molecule has 2 unspecified atom stereocenters. The van der Waals surface area contributed by atoms with Crippen molar-refractivity contribution in [1.29, 1.82) is 0 Å². The number of aromatic amines is 2. The largest absolute Gasteiger partial charge is 0.367 e. The Kier molecular flexibility index (Phi) is 14.5. The topological polar surface area (TPSA) is 208 Å². The number of aromatic nitrogens is 8. The van der Waals surface area contributed by atoms with Crippen molar-refractivity contribution in [2.24, 2.45) is 11.8 Å². The molecule has 2 aliphatic heterocycles. The molecule has 0 amide bonds. The van der Waals surface area contributed by atoms with E-state index >= 15 is 0 Å². The van der Waals surface area contributed by atoms with Crippen LogP contribution in [0.25, 0.3) is 44.8 Å². The van der Waals surface area contributed by atoms with Crippen molar-refractivity contribution < 1.29 is 25.6 Å². The molecular weight excluding hydrogens is 1040 g/mol. The van der Waals surface area contributed by atoms with E-state index in [1.165, 1.54) is 21.0 Å². The zero-order valence-electron chi connectivity index (χ0n) is 36.5. The number of benzene rings is 2. The van der Waals surface area contributed by atoms with E-state index in [1.54, 1.807) is 79.1 Å². The summed E-state index contributed by atoms with van der Waals surface area (Å²) in [6, 6.07) is 18.6. The molecule has 0 aliphatic carbocycles. The highest BCUT2D eigenvalue weighted by Crippen LogP contribution is 2.32. The van der Waals surface area contributed by atoms with Crippen LogP contribution in [-0.4, -0.2) is 105 Å². The van der Waals surface area contributed by atoms with Crippen molar-refractivity contribution >= 4 is 92.9 Å². The second kappa shape index (κ2) is 20.7. The predicted molar refractivity (Wildman–Crippen MR) is 265 cm³/mol. The highest BCUT2D eigenvalue weighted by atomic mass is 79.9. The van der Waals surface area contributed by atoms with Gasteiger partial charge in [-0.15, -0.1) is 0 Å². The van der Waals surface area contributed by atoms with Crippen molar-refractivity contribution in [3.05, 3.63) is 130 Å². The Hall–Kier alpha value is -5.68. The Balaban J connectivity index is 0.000000172. The first-order chi connectivity index (χ1) is 33.2. The molecule has 0 spiro atoms. The number of sulfonamides is 2. The van der Waals surface area contributed by atoms with E-state index < -0.39 is 31.7 Å². The molecule has 6 aromatic heterocycles. The summed E-state index contributed by atoms with van der Waals surface area (Å²) in [5, 5.41) is 8.53. The second-order valence-corrected chi connectivity index (χ2v) is 22.2. The average Bonchev–Trinajstić information content (AvgIpc) is 3.98. The van der Waals surface area contributed by atoms with Crippen molar-refractivity contribution in [2.45, 2.75) is 35.5 Å². The maximum absolute atomic E-state index is 14.5. The van der Waals surface area contributed by atoms with Crippen LogP contribution in [0.3, 0.4) is 0 Å². The summed E-state index contributed by atoms with van der Waals surface area (Å²) in [6.07, 6.45) is 11.8. The third kappa shape index (κ3) is 10.9. The van der Waals surface area contributed by atoms with Gasteiger partial charge >= 0.3 is 0 Å². The lowest BCUT2D eigenvalue weighted by atomic mass is 10.00. The molecule has 8 heterocycles. The number of hydrogen-bond donors (Lipinski definition) is 4. The van der Waals surface area contributed by atoms with Crippen molar-refractivity contribution in [2.75, 3.05) is 49.9 Å². The summed E-state index contributed by atoms with van der Waals surface area (Å²) in [6.45, 7) is 2.38. The number of hydrogen-bond acceptors (Lipinski definition) is 12. The molecular formula is C46H43BrCl2F2N12O4S2. The van der Waals surface area contributed by atoms with Crippen LogP contribution in [0.1, 0.15) is 25.7 Å².